The Kier molecular flexibility index (Phi) is 3.01. The van der Waals surface area contributed by atoms with Gasteiger partial charge in [0.2, 0.25) is 5.91 Å². The Morgan fingerprint density at radius 1 is 1.40 bits per heavy atom. The van der Waals surface area contributed by atoms with E-state index < -0.39 is 11.6 Å². The maximum absolute atomic E-state index is 12.4. The Hall–Kier alpha value is -1.88. The first-order valence-corrected chi connectivity index (χ1v) is 6.71. The molecule has 1 N–H and O–H groups in total. The summed E-state index contributed by atoms with van der Waals surface area (Å²) in [5.41, 5.74) is 1.85. The van der Waals surface area contributed by atoms with Crippen molar-refractivity contribution in [2.75, 3.05) is 19.7 Å². The molecule has 0 saturated carbocycles. The van der Waals surface area contributed by atoms with Crippen molar-refractivity contribution in [2.45, 2.75) is 24.9 Å². The number of likely N-dealkylation sites (tertiary alicyclic amines) is 1. The number of carbonyl (C=O) groups is 2. The number of fused-ring (bicyclic) bond motifs is 1. The summed E-state index contributed by atoms with van der Waals surface area (Å²) >= 11 is 0. The lowest BCUT2D eigenvalue weighted by molar-refractivity contribution is -0.174. The second-order valence-corrected chi connectivity index (χ2v) is 5.78. The van der Waals surface area contributed by atoms with Crippen molar-refractivity contribution in [2.24, 2.45) is 0 Å². The van der Waals surface area contributed by atoms with E-state index in [0.29, 0.717) is 13.1 Å². The van der Waals surface area contributed by atoms with Gasteiger partial charge in [-0.15, -0.1) is 0 Å². The minimum absolute atomic E-state index is 0.0322. The quantitative estimate of drug-likeness (QED) is 0.891. The molecule has 1 heterocycles. The molecule has 20 heavy (non-hydrogen) atoms. The van der Waals surface area contributed by atoms with Gasteiger partial charge in [0.25, 0.3) is 0 Å². The summed E-state index contributed by atoms with van der Waals surface area (Å²) in [6.07, 6.45) is 0.804. The monoisotopic (exact) mass is 275 g/mol. The summed E-state index contributed by atoms with van der Waals surface area (Å²) in [5, 5.41) is 8.61. The molecule has 1 atom stereocenters. The van der Waals surface area contributed by atoms with Gasteiger partial charge in [-0.1, -0.05) is 24.3 Å². The molecule has 0 bridgehead atoms. The van der Waals surface area contributed by atoms with Crippen molar-refractivity contribution in [1.29, 1.82) is 0 Å². The number of carboxylic acid groups (broad SMARTS) is 1. The molecule has 1 saturated heterocycles. The molecule has 5 heteroatoms. The molecule has 1 aliphatic heterocycles. The van der Waals surface area contributed by atoms with Gasteiger partial charge < -0.3 is 14.7 Å². The average Bonchev–Trinajstić information content (AvgIpc) is 2.34. The van der Waals surface area contributed by atoms with Crippen LogP contribution >= 0.6 is 0 Å². The maximum atomic E-state index is 12.4. The second kappa shape index (κ2) is 4.59. The van der Waals surface area contributed by atoms with E-state index in [2.05, 4.69) is 6.07 Å². The fourth-order valence-corrected chi connectivity index (χ4v) is 2.94. The van der Waals surface area contributed by atoms with E-state index in [-0.39, 0.29) is 18.4 Å². The Morgan fingerprint density at radius 3 is 2.75 bits per heavy atom. The molecule has 0 spiro atoms. The van der Waals surface area contributed by atoms with Gasteiger partial charge in [-0.2, -0.15) is 0 Å². The van der Waals surface area contributed by atoms with Crippen molar-refractivity contribution < 1.29 is 19.4 Å². The van der Waals surface area contributed by atoms with Gasteiger partial charge in [0, 0.05) is 0 Å². The Labute approximate surface area is 117 Å². The van der Waals surface area contributed by atoms with Gasteiger partial charge >= 0.3 is 5.97 Å². The number of ether oxygens (including phenoxy) is 1. The standard InChI is InChI=1S/C15H17NO4/c1-15(20-7-13(17)18)8-16(9-15)14(19)12-6-10-4-2-3-5-11(10)12/h2-5,12H,6-9H2,1H3,(H,17,18). The fraction of sp³-hybridized carbons (Fsp3) is 0.467. The SMILES string of the molecule is CC1(OCC(=O)O)CN(C(=O)C2Cc3ccccc32)C1. The molecule has 5 nitrogen and oxygen atoms in total. The Bertz CT molecular complexity index is 563. The third-order valence-electron chi connectivity index (χ3n) is 4.06. The molecule has 0 aromatic heterocycles. The van der Waals surface area contributed by atoms with Crippen LogP contribution in [0.15, 0.2) is 24.3 Å². The van der Waals surface area contributed by atoms with E-state index in [1.807, 2.05) is 25.1 Å². The molecule has 106 valence electrons. The summed E-state index contributed by atoms with van der Waals surface area (Å²) in [7, 11) is 0. The first-order chi connectivity index (χ1) is 9.48. The molecular formula is C15H17NO4. The lowest BCUT2D eigenvalue weighted by Crippen LogP contribution is -2.64. The topological polar surface area (TPSA) is 66.8 Å². The van der Waals surface area contributed by atoms with Crippen LogP contribution in [0, 0.1) is 0 Å². The van der Waals surface area contributed by atoms with E-state index in [0.717, 1.165) is 12.0 Å². The van der Waals surface area contributed by atoms with Crippen LogP contribution in [0.4, 0.5) is 0 Å². The van der Waals surface area contributed by atoms with E-state index in [1.54, 1.807) is 4.90 Å². The summed E-state index contributed by atoms with van der Waals surface area (Å²) in [4.78, 5) is 24.6. The Morgan fingerprint density at radius 2 is 2.10 bits per heavy atom. The fourth-order valence-electron chi connectivity index (χ4n) is 2.94. The minimum Gasteiger partial charge on any atom is -0.480 e. The Balaban J connectivity index is 1.56. The van der Waals surface area contributed by atoms with Crippen LogP contribution in [0.1, 0.15) is 24.0 Å². The van der Waals surface area contributed by atoms with Crippen molar-refractivity contribution in [3.05, 3.63) is 35.4 Å². The zero-order valence-corrected chi connectivity index (χ0v) is 11.3. The van der Waals surface area contributed by atoms with Crippen LogP contribution in [0.3, 0.4) is 0 Å². The highest BCUT2D eigenvalue weighted by atomic mass is 16.5. The lowest BCUT2D eigenvalue weighted by Gasteiger charge is -2.49. The third-order valence-corrected chi connectivity index (χ3v) is 4.06. The molecule has 1 amide bonds. The number of carboxylic acids is 1. The van der Waals surface area contributed by atoms with E-state index in [1.165, 1.54) is 5.56 Å². The van der Waals surface area contributed by atoms with Crippen molar-refractivity contribution in [1.82, 2.24) is 4.90 Å². The highest BCUT2D eigenvalue weighted by molar-refractivity contribution is 5.87. The van der Waals surface area contributed by atoms with E-state index >= 15 is 0 Å². The largest absolute Gasteiger partial charge is 0.480 e. The van der Waals surface area contributed by atoms with Gasteiger partial charge in [-0.3, -0.25) is 4.79 Å². The number of rotatable bonds is 4. The molecule has 1 unspecified atom stereocenters. The number of nitrogens with zero attached hydrogens (tertiary/aromatic N) is 1. The molecule has 2 aliphatic rings. The average molecular weight is 275 g/mol. The van der Waals surface area contributed by atoms with Crippen molar-refractivity contribution in [3.8, 4) is 0 Å². The second-order valence-electron chi connectivity index (χ2n) is 5.78. The molecule has 1 aromatic carbocycles. The number of hydrogen-bond donors (Lipinski definition) is 1. The summed E-state index contributed by atoms with van der Waals surface area (Å²) < 4.78 is 5.31. The van der Waals surface area contributed by atoms with Crippen LogP contribution < -0.4 is 0 Å². The predicted octanol–water partition coefficient (Wildman–Crippen LogP) is 1.03. The molecule has 1 aromatic rings. The third kappa shape index (κ3) is 2.18. The van der Waals surface area contributed by atoms with Gasteiger partial charge in [0.1, 0.15) is 12.2 Å². The van der Waals surface area contributed by atoms with Gasteiger partial charge in [-0.05, 0) is 24.5 Å². The number of carbonyl (C=O) groups excluding carboxylic acids is 1. The minimum atomic E-state index is -0.982. The first-order valence-electron chi connectivity index (χ1n) is 6.71. The van der Waals surface area contributed by atoms with Crippen molar-refractivity contribution in [3.63, 3.8) is 0 Å². The normalized spacial score (nSPS) is 22.4. The molecule has 0 radical (unpaired) electrons. The first kappa shape index (κ1) is 13.1. The molecule has 1 aliphatic carbocycles. The summed E-state index contributed by atoms with van der Waals surface area (Å²) in [5.74, 6) is -0.890. The van der Waals surface area contributed by atoms with E-state index in [4.69, 9.17) is 9.84 Å². The van der Waals surface area contributed by atoms with Crippen molar-refractivity contribution >= 4 is 11.9 Å². The summed E-state index contributed by atoms with van der Waals surface area (Å²) in [6.45, 7) is 2.47. The predicted molar refractivity (Wildman–Crippen MR) is 71.5 cm³/mol. The number of amides is 1. The molecule has 1 fully saturated rings. The van der Waals surface area contributed by atoms with Crippen LogP contribution in [0.2, 0.25) is 0 Å². The number of benzene rings is 1. The van der Waals surface area contributed by atoms with Crippen LogP contribution in [-0.4, -0.2) is 47.2 Å². The zero-order chi connectivity index (χ0) is 14.3. The van der Waals surface area contributed by atoms with Gasteiger partial charge in [0.05, 0.1) is 19.0 Å². The highest BCUT2D eigenvalue weighted by Gasteiger charge is 2.46. The van der Waals surface area contributed by atoms with E-state index in [9.17, 15) is 9.59 Å². The van der Waals surface area contributed by atoms with Crippen LogP contribution in [-0.2, 0) is 20.7 Å². The maximum Gasteiger partial charge on any atom is 0.329 e. The molecular weight excluding hydrogens is 258 g/mol. The van der Waals surface area contributed by atoms with Gasteiger partial charge in [0.15, 0.2) is 0 Å². The van der Waals surface area contributed by atoms with Gasteiger partial charge in [-0.25, -0.2) is 4.79 Å². The van der Waals surface area contributed by atoms with Crippen LogP contribution in [0.5, 0.6) is 0 Å². The molecule has 3 rings (SSSR count). The lowest BCUT2D eigenvalue weighted by atomic mass is 9.76. The smallest absolute Gasteiger partial charge is 0.329 e. The highest BCUT2D eigenvalue weighted by Crippen LogP contribution is 2.38. The zero-order valence-electron chi connectivity index (χ0n) is 11.3. The van der Waals surface area contributed by atoms with Crippen LogP contribution in [0.25, 0.3) is 0 Å². The summed E-state index contributed by atoms with van der Waals surface area (Å²) in [6, 6.07) is 7.99. The number of hydrogen-bond acceptors (Lipinski definition) is 3. The number of aliphatic carboxylic acids is 1.